The summed E-state index contributed by atoms with van der Waals surface area (Å²) in [5.74, 6) is 0.581. The van der Waals surface area contributed by atoms with Crippen LogP contribution in [0.15, 0.2) is 54.6 Å². The number of piperazine rings is 1. The largest absolute Gasteiger partial charge is 0.368 e. The van der Waals surface area contributed by atoms with Gasteiger partial charge in [0.2, 0.25) is 5.91 Å². The Labute approximate surface area is 192 Å². The molecule has 31 heavy (non-hydrogen) atoms. The molecule has 2 unspecified atom stereocenters. The average molecular weight is 459 g/mol. The molecule has 0 spiro atoms. The molecule has 2 atom stereocenters. The van der Waals surface area contributed by atoms with Gasteiger partial charge in [-0.3, -0.25) is 9.59 Å². The van der Waals surface area contributed by atoms with Crippen LogP contribution in [0.5, 0.6) is 0 Å². The van der Waals surface area contributed by atoms with E-state index in [1.807, 2.05) is 52.3 Å². The summed E-state index contributed by atoms with van der Waals surface area (Å²) in [6.07, 6.45) is 1.46. The van der Waals surface area contributed by atoms with Crippen molar-refractivity contribution in [1.82, 2.24) is 9.80 Å². The van der Waals surface area contributed by atoms with Gasteiger partial charge in [0.25, 0.3) is 5.91 Å². The minimum absolute atomic E-state index is 0.0600. The molecule has 0 radical (unpaired) electrons. The number of nitrogens with zero attached hydrogens (tertiary/aromatic N) is 2. The molecule has 2 aromatic rings. The van der Waals surface area contributed by atoms with Gasteiger partial charge in [0.15, 0.2) is 0 Å². The van der Waals surface area contributed by atoms with E-state index in [0.29, 0.717) is 43.6 Å². The third-order valence-electron chi connectivity index (χ3n) is 5.80. The molecular formula is C24H27ClN2O3S. The van der Waals surface area contributed by atoms with Gasteiger partial charge in [-0.2, -0.15) is 0 Å². The smallest absolute Gasteiger partial charge is 0.251 e. The van der Waals surface area contributed by atoms with Crippen LogP contribution in [0.2, 0.25) is 5.02 Å². The van der Waals surface area contributed by atoms with Crippen molar-refractivity contribution in [2.45, 2.75) is 24.2 Å². The summed E-state index contributed by atoms with van der Waals surface area (Å²) in [5.41, 5.74) is 2.29. The maximum Gasteiger partial charge on any atom is 0.251 e. The summed E-state index contributed by atoms with van der Waals surface area (Å²) in [7, 11) is 0. The van der Waals surface area contributed by atoms with Crippen LogP contribution >= 0.6 is 23.4 Å². The zero-order valence-electron chi connectivity index (χ0n) is 17.4. The van der Waals surface area contributed by atoms with Crippen LogP contribution in [0, 0.1) is 0 Å². The van der Waals surface area contributed by atoms with Gasteiger partial charge < -0.3 is 14.5 Å². The van der Waals surface area contributed by atoms with Gasteiger partial charge in [0.1, 0.15) is 6.10 Å². The van der Waals surface area contributed by atoms with Crippen LogP contribution in [0.25, 0.3) is 0 Å². The van der Waals surface area contributed by atoms with Crippen LogP contribution < -0.4 is 0 Å². The van der Waals surface area contributed by atoms with Crippen molar-refractivity contribution in [2.75, 3.05) is 38.5 Å². The lowest BCUT2D eigenvalue weighted by atomic mass is 10.0. The van der Waals surface area contributed by atoms with Crippen LogP contribution in [-0.2, 0) is 14.3 Å². The molecule has 0 aliphatic carbocycles. The van der Waals surface area contributed by atoms with E-state index in [9.17, 15) is 9.59 Å². The highest BCUT2D eigenvalue weighted by Gasteiger charge is 2.31. The number of hydrogen-bond donors (Lipinski definition) is 0. The molecule has 2 aromatic carbocycles. The second kappa shape index (κ2) is 10.5. The summed E-state index contributed by atoms with van der Waals surface area (Å²) < 4.78 is 5.52. The van der Waals surface area contributed by atoms with E-state index in [0.717, 1.165) is 24.0 Å². The SMILES string of the molecule is O=C(CSC(c1ccccc1)c1ccc(Cl)cc1)N1CCN(C(=O)C2CCCO2)CC1. The first-order valence-electron chi connectivity index (χ1n) is 10.7. The van der Waals surface area contributed by atoms with Gasteiger partial charge in [-0.1, -0.05) is 54.1 Å². The van der Waals surface area contributed by atoms with E-state index in [1.54, 1.807) is 11.8 Å². The number of thioether (sulfide) groups is 1. The molecule has 2 aliphatic rings. The second-order valence-electron chi connectivity index (χ2n) is 7.86. The second-order valence-corrected chi connectivity index (χ2v) is 9.39. The third-order valence-corrected chi connectivity index (χ3v) is 7.34. The number of rotatable bonds is 6. The van der Waals surface area contributed by atoms with Crippen molar-refractivity contribution < 1.29 is 14.3 Å². The maximum atomic E-state index is 12.9. The predicted molar refractivity (Wildman–Crippen MR) is 124 cm³/mol. The highest BCUT2D eigenvalue weighted by atomic mass is 35.5. The Balaban J connectivity index is 1.34. The summed E-state index contributed by atoms with van der Waals surface area (Å²) in [6.45, 7) is 2.98. The number of benzene rings is 2. The first-order valence-corrected chi connectivity index (χ1v) is 12.1. The van der Waals surface area contributed by atoms with E-state index in [4.69, 9.17) is 16.3 Å². The van der Waals surface area contributed by atoms with Crippen molar-refractivity contribution in [3.8, 4) is 0 Å². The molecule has 2 saturated heterocycles. The van der Waals surface area contributed by atoms with Gasteiger partial charge >= 0.3 is 0 Å². The molecule has 0 saturated carbocycles. The minimum atomic E-state index is -0.288. The van der Waals surface area contributed by atoms with E-state index in [2.05, 4.69) is 12.1 Å². The first-order chi connectivity index (χ1) is 15.1. The van der Waals surface area contributed by atoms with E-state index in [-0.39, 0.29) is 23.2 Å². The summed E-state index contributed by atoms with van der Waals surface area (Å²) in [4.78, 5) is 29.1. The van der Waals surface area contributed by atoms with Crippen molar-refractivity contribution in [3.63, 3.8) is 0 Å². The number of carbonyl (C=O) groups excluding carboxylic acids is 2. The molecule has 164 valence electrons. The van der Waals surface area contributed by atoms with E-state index < -0.39 is 0 Å². The van der Waals surface area contributed by atoms with Crippen LogP contribution in [0.1, 0.15) is 29.2 Å². The molecule has 4 rings (SSSR count). The van der Waals surface area contributed by atoms with Crippen LogP contribution in [-0.4, -0.2) is 66.3 Å². The Morgan fingerprint density at radius 2 is 1.61 bits per heavy atom. The Hall–Kier alpha value is -2.02. The molecule has 2 heterocycles. The molecule has 2 fully saturated rings. The van der Waals surface area contributed by atoms with Gasteiger partial charge in [-0.25, -0.2) is 0 Å². The molecular weight excluding hydrogens is 432 g/mol. The summed E-state index contributed by atoms with van der Waals surface area (Å²) >= 11 is 7.69. The molecule has 2 aliphatic heterocycles. The first kappa shape index (κ1) is 22.2. The third kappa shape index (κ3) is 5.62. The number of hydrogen-bond acceptors (Lipinski definition) is 4. The lowest BCUT2D eigenvalue weighted by molar-refractivity contribution is -0.145. The highest BCUT2D eigenvalue weighted by Crippen LogP contribution is 2.36. The van der Waals surface area contributed by atoms with Gasteiger partial charge in [-0.15, -0.1) is 11.8 Å². The maximum absolute atomic E-state index is 12.9. The Kier molecular flexibility index (Phi) is 7.54. The van der Waals surface area contributed by atoms with E-state index in [1.165, 1.54) is 0 Å². The van der Waals surface area contributed by atoms with Crippen LogP contribution in [0.3, 0.4) is 0 Å². The van der Waals surface area contributed by atoms with Crippen molar-refractivity contribution >= 4 is 35.2 Å². The van der Waals surface area contributed by atoms with Crippen molar-refractivity contribution in [2.24, 2.45) is 0 Å². The number of ether oxygens (including phenoxy) is 1. The normalized spacial score (nSPS) is 20.0. The average Bonchev–Trinajstić information content (AvgIpc) is 3.35. The topological polar surface area (TPSA) is 49.9 Å². The summed E-state index contributed by atoms with van der Waals surface area (Å²) in [6, 6.07) is 18.0. The van der Waals surface area contributed by atoms with Crippen molar-refractivity contribution in [1.29, 1.82) is 0 Å². The number of amides is 2. The van der Waals surface area contributed by atoms with Crippen LogP contribution in [0.4, 0.5) is 0 Å². The van der Waals surface area contributed by atoms with Gasteiger partial charge in [-0.05, 0) is 36.1 Å². The lowest BCUT2D eigenvalue weighted by Crippen LogP contribution is -2.53. The Morgan fingerprint density at radius 3 is 2.26 bits per heavy atom. The summed E-state index contributed by atoms with van der Waals surface area (Å²) in [5, 5.41) is 0.761. The number of halogens is 1. The fraction of sp³-hybridized carbons (Fsp3) is 0.417. The number of carbonyl (C=O) groups is 2. The lowest BCUT2D eigenvalue weighted by Gasteiger charge is -2.36. The predicted octanol–water partition coefficient (Wildman–Crippen LogP) is 4.01. The zero-order chi connectivity index (χ0) is 21.6. The highest BCUT2D eigenvalue weighted by molar-refractivity contribution is 8.00. The Morgan fingerprint density at radius 1 is 0.968 bits per heavy atom. The fourth-order valence-electron chi connectivity index (χ4n) is 4.05. The fourth-order valence-corrected chi connectivity index (χ4v) is 5.37. The van der Waals surface area contributed by atoms with Gasteiger partial charge in [0.05, 0.1) is 11.0 Å². The molecule has 0 bridgehead atoms. The zero-order valence-corrected chi connectivity index (χ0v) is 19.0. The molecule has 5 nitrogen and oxygen atoms in total. The monoisotopic (exact) mass is 458 g/mol. The van der Waals surface area contributed by atoms with Gasteiger partial charge in [0, 0.05) is 37.8 Å². The minimum Gasteiger partial charge on any atom is -0.368 e. The van der Waals surface area contributed by atoms with Crippen molar-refractivity contribution in [3.05, 3.63) is 70.7 Å². The quantitative estimate of drug-likeness (QED) is 0.656. The standard InChI is InChI=1S/C24H27ClN2O3S/c25-20-10-8-19(9-11-20)23(18-5-2-1-3-6-18)31-17-22(28)26-12-14-27(15-13-26)24(29)21-7-4-16-30-21/h1-3,5-6,8-11,21,23H,4,7,12-17H2. The molecule has 0 aromatic heterocycles. The molecule has 0 N–H and O–H groups in total. The molecule has 2 amide bonds. The van der Waals surface area contributed by atoms with E-state index >= 15 is 0 Å². The Bertz CT molecular complexity index is 879. The molecule has 7 heteroatoms.